The van der Waals surface area contributed by atoms with Crippen LogP contribution >= 0.6 is 11.6 Å². The second-order valence-electron chi connectivity index (χ2n) is 7.16. The summed E-state index contributed by atoms with van der Waals surface area (Å²) in [6.45, 7) is 3.52. The maximum atomic E-state index is 12.8. The number of benzene rings is 1. The van der Waals surface area contributed by atoms with Gasteiger partial charge in [0, 0.05) is 36.6 Å². The number of piperidine rings is 1. The fraction of sp³-hybridized carbons (Fsp3) is 0.526. The van der Waals surface area contributed by atoms with Crippen molar-refractivity contribution in [2.24, 2.45) is 11.7 Å². The molecule has 0 bridgehead atoms. The fourth-order valence-corrected chi connectivity index (χ4v) is 3.81. The highest BCUT2D eigenvalue weighted by molar-refractivity contribution is 6.32. The molecule has 2 heterocycles. The molecule has 1 aromatic carbocycles. The smallest absolute Gasteiger partial charge is 0.435 e. The van der Waals surface area contributed by atoms with Gasteiger partial charge in [-0.2, -0.15) is 18.3 Å². The lowest BCUT2D eigenvalue weighted by molar-refractivity contribution is -0.141. The fourth-order valence-electron chi connectivity index (χ4n) is 3.61. The predicted molar refractivity (Wildman–Crippen MR) is 103 cm³/mol. The summed E-state index contributed by atoms with van der Waals surface area (Å²) in [5.41, 5.74) is 6.95. The molecule has 0 spiro atoms. The highest BCUT2D eigenvalue weighted by atomic mass is 35.5. The Morgan fingerprint density at radius 2 is 1.96 bits per heavy atom. The Bertz CT molecular complexity index is 816. The van der Waals surface area contributed by atoms with Gasteiger partial charge in [-0.15, -0.1) is 0 Å². The number of hydrogen-bond donors (Lipinski definition) is 1. The average Bonchev–Trinajstić information content (AvgIpc) is 3.03. The largest absolute Gasteiger partial charge is 0.495 e. The molecule has 2 aromatic rings. The SMILES string of the molecule is COc1cc(N2CCC(C(N)Cn3nc(C(F)(F)F)cc3C)CC2)ccc1Cl. The number of methoxy groups -OCH3 is 1. The molecule has 1 aliphatic rings. The third kappa shape index (κ3) is 4.55. The maximum Gasteiger partial charge on any atom is 0.435 e. The predicted octanol–water partition coefficient (Wildman–Crippen LogP) is 4.12. The van der Waals surface area contributed by atoms with Gasteiger partial charge in [0.1, 0.15) is 5.75 Å². The van der Waals surface area contributed by atoms with E-state index >= 15 is 0 Å². The number of rotatable bonds is 5. The van der Waals surface area contributed by atoms with Crippen molar-refractivity contribution < 1.29 is 17.9 Å². The minimum Gasteiger partial charge on any atom is -0.495 e. The number of anilines is 1. The van der Waals surface area contributed by atoms with Gasteiger partial charge in [0.05, 0.1) is 18.7 Å². The Balaban J connectivity index is 1.60. The number of nitrogens with two attached hydrogens (primary N) is 1. The molecule has 0 radical (unpaired) electrons. The van der Waals surface area contributed by atoms with Gasteiger partial charge in [-0.3, -0.25) is 4.68 Å². The van der Waals surface area contributed by atoms with E-state index in [2.05, 4.69) is 10.00 Å². The molecule has 1 unspecified atom stereocenters. The average molecular weight is 417 g/mol. The molecular weight excluding hydrogens is 393 g/mol. The van der Waals surface area contributed by atoms with Gasteiger partial charge in [-0.25, -0.2) is 0 Å². The summed E-state index contributed by atoms with van der Waals surface area (Å²) in [7, 11) is 1.58. The number of ether oxygens (including phenoxy) is 1. The molecule has 1 saturated heterocycles. The molecule has 1 fully saturated rings. The van der Waals surface area contributed by atoms with Gasteiger partial charge < -0.3 is 15.4 Å². The lowest BCUT2D eigenvalue weighted by atomic mass is 9.89. The zero-order valence-electron chi connectivity index (χ0n) is 15.8. The van der Waals surface area contributed by atoms with E-state index in [1.807, 2.05) is 18.2 Å². The number of aromatic nitrogens is 2. The van der Waals surface area contributed by atoms with Crippen molar-refractivity contribution in [3.8, 4) is 5.75 Å². The highest BCUT2D eigenvalue weighted by Gasteiger charge is 2.35. The first kappa shape index (κ1) is 20.8. The first-order valence-corrected chi connectivity index (χ1v) is 9.52. The van der Waals surface area contributed by atoms with Gasteiger partial charge >= 0.3 is 6.18 Å². The van der Waals surface area contributed by atoms with E-state index in [0.29, 0.717) is 16.5 Å². The van der Waals surface area contributed by atoms with Crippen LogP contribution in [0.25, 0.3) is 0 Å². The van der Waals surface area contributed by atoms with Crippen LogP contribution in [0.5, 0.6) is 5.75 Å². The van der Waals surface area contributed by atoms with E-state index in [0.717, 1.165) is 37.7 Å². The molecule has 9 heteroatoms. The number of alkyl halides is 3. The van der Waals surface area contributed by atoms with Crippen LogP contribution < -0.4 is 15.4 Å². The summed E-state index contributed by atoms with van der Waals surface area (Å²) in [5.74, 6) is 0.857. The summed E-state index contributed by atoms with van der Waals surface area (Å²) in [5, 5.41) is 4.25. The zero-order valence-corrected chi connectivity index (χ0v) is 16.6. The summed E-state index contributed by atoms with van der Waals surface area (Å²) in [4.78, 5) is 2.24. The summed E-state index contributed by atoms with van der Waals surface area (Å²) in [6, 6.07) is 6.49. The monoisotopic (exact) mass is 416 g/mol. The Morgan fingerprint density at radius 3 is 2.54 bits per heavy atom. The summed E-state index contributed by atoms with van der Waals surface area (Å²) >= 11 is 6.08. The second-order valence-corrected chi connectivity index (χ2v) is 7.57. The molecule has 5 nitrogen and oxygen atoms in total. The van der Waals surface area contributed by atoms with Crippen LogP contribution in [0, 0.1) is 12.8 Å². The third-order valence-corrected chi connectivity index (χ3v) is 5.61. The topological polar surface area (TPSA) is 56.3 Å². The quantitative estimate of drug-likeness (QED) is 0.796. The van der Waals surface area contributed by atoms with Crippen molar-refractivity contribution in [1.82, 2.24) is 9.78 Å². The number of halogens is 4. The molecule has 28 heavy (non-hydrogen) atoms. The van der Waals surface area contributed by atoms with Gasteiger partial charge in [0.15, 0.2) is 5.69 Å². The van der Waals surface area contributed by atoms with Crippen molar-refractivity contribution >= 4 is 17.3 Å². The van der Waals surface area contributed by atoms with Gasteiger partial charge in [0.2, 0.25) is 0 Å². The van der Waals surface area contributed by atoms with E-state index in [1.54, 1.807) is 14.0 Å². The van der Waals surface area contributed by atoms with Crippen LogP contribution in [-0.4, -0.2) is 36.0 Å². The molecule has 0 saturated carbocycles. The molecule has 1 aromatic heterocycles. The minimum atomic E-state index is -4.44. The lowest BCUT2D eigenvalue weighted by Gasteiger charge is -2.36. The first-order chi connectivity index (χ1) is 13.2. The first-order valence-electron chi connectivity index (χ1n) is 9.14. The number of aryl methyl sites for hydroxylation is 1. The van der Waals surface area contributed by atoms with Crippen LogP contribution in [0.15, 0.2) is 24.3 Å². The third-order valence-electron chi connectivity index (χ3n) is 5.30. The van der Waals surface area contributed by atoms with Crippen LogP contribution in [0.3, 0.4) is 0 Å². The molecule has 1 aliphatic heterocycles. The Hall–Kier alpha value is -1.93. The minimum absolute atomic E-state index is 0.225. The van der Waals surface area contributed by atoms with Crippen molar-refractivity contribution in [3.63, 3.8) is 0 Å². The van der Waals surface area contributed by atoms with Gasteiger partial charge in [0.25, 0.3) is 0 Å². The van der Waals surface area contributed by atoms with Crippen LogP contribution in [0.2, 0.25) is 5.02 Å². The van der Waals surface area contributed by atoms with Crippen molar-refractivity contribution in [3.05, 3.63) is 40.7 Å². The lowest BCUT2D eigenvalue weighted by Crippen LogP contribution is -2.43. The highest BCUT2D eigenvalue weighted by Crippen LogP contribution is 2.32. The Labute approximate surface area is 167 Å². The normalized spacial score (nSPS) is 17.0. The maximum absolute atomic E-state index is 12.8. The standard InChI is InChI=1S/C19H24ClF3N4O/c1-12-9-18(19(21,22)23)25-27(12)11-16(24)13-5-7-26(8-6-13)14-3-4-15(20)17(10-14)28-2/h3-4,9-10,13,16H,5-8,11,24H2,1-2H3. The molecule has 154 valence electrons. The molecule has 0 aliphatic carbocycles. The number of hydrogen-bond acceptors (Lipinski definition) is 4. The van der Waals surface area contributed by atoms with E-state index < -0.39 is 11.9 Å². The van der Waals surface area contributed by atoms with Crippen LogP contribution in [0.1, 0.15) is 24.2 Å². The van der Waals surface area contributed by atoms with Gasteiger partial charge in [-0.1, -0.05) is 11.6 Å². The van der Waals surface area contributed by atoms with E-state index in [1.165, 1.54) is 4.68 Å². The van der Waals surface area contributed by atoms with E-state index in [4.69, 9.17) is 22.1 Å². The van der Waals surface area contributed by atoms with Crippen LogP contribution in [-0.2, 0) is 12.7 Å². The van der Waals surface area contributed by atoms with E-state index in [9.17, 15) is 13.2 Å². The van der Waals surface area contributed by atoms with Crippen LogP contribution in [0.4, 0.5) is 18.9 Å². The molecular formula is C19H24ClF3N4O. The van der Waals surface area contributed by atoms with Crippen molar-refractivity contribution in [1.29, 1.82) is 0 Å². The molecule has 3 rings (SSSR count). The summed E-state index contributed by atoms with van der Waals surface area (Å²) < 4.78 is 45.1. The molecule has 0 amide bonds. The summed E-state index contributed by atoms with van der Waals surface area (Å²) in [6.07, 6.45) is -2.72. The molecule has 1 atom stereocenters. The second kappa shape index (κ2) is 8.21. The Morgan fingerprint density at radius 1 is 1.29 bits per heavy atom. The van der Waals surface area contributed by atoms with E-state index in [-0.39, 0.29) is 18.5 Å². The van der Waals surface area contributed by atoms with Crippen molar-refractivity contribution in [2.75, 3.05) is 25.1 Å². The van der Waals surface area contributed by atoms with Crippen molar-refractivity contribution in [2.45, 2.75) is 38.5 Å². The van der Waals surface area contributed by atoms with Gasteiger partial charge in [-0.05, 0) is 43.9 Å². The number of nitrogens with zero attached hydrogens (tertiary/aromatic N) is 3. The molecule has 2 N–H and O–H groups in total. The Kier molecular flexibility index (Phi) is 6.09. The zero-order chi connectivity index (χ0) is 20.5.